The van der Waals surface area contributed by atoms with Crippen LogP contribution in [0.5, 0.6) is 0 Å². The van der Waals surface area contributed by atoms with E-state index >= 15 is 0 Å². The maximum absolute atomic E-state index is 12.9. The molecule has 1 aromatic heterocycles. The summed E-state index contributed by atoms with van der Waals surface area (Å²) >= 11 is 0. The van der Waals surface area contributed by atoms with E-state index in [0.717, 1.165) is 19.5 Å². The summed E-state index contributed by atoms with van der Waals surface area (Å²) in [5.74, 6) is 0.533. The summed E-state index contributed by atoms with van der Waals surface area (Å²) in [5, 5.41) is 29.0. The van der Waals surface area contributed by atoms with Gasteiger partial charge in [0, 0.05) is 31.1 Å². The Morgan fingerprint density at radius 3 is 2.53 bits per heavy atom. The van der Waals surface area contributed by atoms with Crippen molar-refractivity contribution >= 4 is 16.6 Å². The molecule has 1 aliphatic heterocycles. The third kappa shape index (κ3) is 4.38. The first-order valence-corrected chi connectivity index (χ1v) is 10.4. The average molecular weight is 409 g/mol. The lowest BCUT2D eigenvalue weighted by molar-refractivity contribution is 0.0879. The molecule has 2 heterocycles. The summed E-state index contributed by atoms with van der Waals surface area (Å²) in [6.07, 6.45) is 0.245. The van der Waals surface area contributed by atoms with E-state index in [1.807, 2.05) is 31.2 Å². The minimum Gasteiger partial charge on any atom is -0.394 e. The van der Waals surface area contributed by atoms with Crippen LogP contribution in [0.25, 0.3) is 10.8 Å². The Morgan fingerprint density at radius 1 is 1.07 bits per heavy atom. The number of hydrogen-bond donors (Lipinski definition) is 3. The first kappa shape index (κ1) is 20.5. The summed E-state index contributed by atoms with van der Waals surface area (Å²) in [6.45, 7) is 4.07. The first-order chi connectivity index (χ1) is 14.5. The molecule has 158 valence electrons. The molecule has 2 aromatic carbocycles. The molecule has 0 fully saturated rings. The number of aromatic nitrogens is 2. The fraction of sp³-hybridized carbons (Fsp3) is 0.391. The van der Waals surface area contributed by atoms with Gasteiger partial charge in [0.1, 0.15) is 0 Å². The van der Waals surface area contributed by atoms with Gasteiger partial charge < -0.3 is 15.5 Å². The lowest BCUT2D eigenvalue weighted by Gasteiger charge is -2.30. The Labute approximate surface area is 175 Å². The van der Waals surface area contributed by atoms with E-state index in [2.05, 4.69) is 33.5 Å². The third-order valence-corrected chi connectivity index (χ3v) is 5.59. The van der Waals surface area contributed by atoms with Crippen LogP contribution in [0.15, 0.2) is 53.3 Å². The van der Waals surface area contributed by atoms with Gasteiger partial charge in [0.15, 0.2) is 5.82 Å². The van der Waals surface area contributed by atoms with Gasteiger partial charge in [-0.1, -0.05) is 42.5 Å². The molecule has 1 unspecified atom stereocenters. The smallest absolute Gasteiger partial charge is 0.274 e. The van der Waals surface area contributed by atoms with Crippen molar-refractivity contribution in [3.63, 3.8) is 0 Å². The van der Waals surface area contributed by atoms with Crippen molar-refractivity contribution in [2.45, 2.75) is 38.6 Å². The predicted molar refractivity (Wildman–Crippen MR) is 118 cm³/mol. The highest BCUT2D eigenvalue weighted by Crippen LogP contribution is 2.20. The van der Waals surface area contributed by atoms with Crippen LogP contribution in [0, 0.1) is 0 Å². The molecule has 2 atom stereocenters. The number of benzene rings is 2. The fourth-order valence-electron chi connectivity index (χ4n) is 4.01. The monoisotopic (exact) mass is 408 g/mol. The number of nitrogens with one attached hydrogen (secondary N) is 1. The van der Waals surface area contributed by atoms with Crippen LogP contribution in [0.2, 0.25) is 0 Å². The summed E-state index contributed by atoms with van der Waals surface area (Å²) < 4.78 is 1.33. The van der Waals surface area contributed by atoms with Crippen LogP contribution >= 0.6 is 0 Å². The Morgan fingerprint density at radius 2 is 1.77 bits per heavy atom. The van der Waals surface area contributed by atoms with Crippen LogP contribution < -0.4 is 10.9 Å². The molecule has 0 spiro atoms. The molecule has 30 heavy (non-hydrogen) atoms. The number of anilines is 1. The van der Waals surface area contributed by atoms with E-state index in [1.165, 1.54) is 15.8 Å². The van der Waals surface area contributed by atoms with Crippen molar-refractivity contribution in [3.8, 4) is 0 Å². The normalized spacial score (nSPS) is 16.2. The van der Waals surface area contributed by atoms with E-state index in [0.29, 0.717) is 23.1 Å². The van der Waals surface area contributed by atoms with Crippen LogP contribution in [-0.2, 0) is 19.5 Å². The van der Waals surface area contributed by atoms with E-state index in [1.54, 1.807) is 6.07 Å². The number of rotatable bonds is 7. The number of fused-ring (bicyclic) bond motifs is 2. The molecule has 0 saturated heterocycles. The van der Waals surface area contributed by atoms with Crippen molar-refractivity contribution < 1.29 is 10.2 Å². The van der Waals surface area contributed by atoms with Gasteiger partial charge in [-0.2, -0.15) is 5.10 Å². The first-order valence-electron chi connectivity index (χ1n) is 10.4. The SMILES string of the molecule is CC(CO)Nc1nn(C[C@H](O)CN2CCc3ccccc3C2)c(=O)c2ccccc12. The van der Waals surface area contributed by atoms with E-state index in [9.17, 15) is 15.0 Å². The number of aliphatic hydroxyl groups is 2. The zero-order valence-electron chi connectivity index (χ0n) is 17.2. The molecule has 1 aliphatic rings. The molecule has 7 heteroatoms. The van der Waals surface area contributed by atoms with Crippen LogP contribution in [0.4, 0.5) is 5.82 Å². The summed E-state index contributed by atoms with van der Waals surface area (Å²) in [5.41, 5.74) is 2.43. The maximum Gasteiger partial charge on any atom is 0.274 e. The Hall–Kier alpha value is -2.74. The second-order valence-electron chi connectivity index (χ2n) is 8.02. The molecule has 0 bridgehead atoms. The number of hydrogen-bond acceptors (Lipinski definition) is 6. The van der Waals surface area contributed by atoms with Crippen molar-refractivity contribution in [1.82, 2.24) is 14.7 Å². The number of nitrogens with zero attached hydrogens (tertiary/aromatic N) is 3. The van der Waals surface area contributed by atoms with Gasteiger partial charge in [0.05, 0.1) is 24.6 Å². The third-order valence-electron chi connectivity index (χ3n) is 5.59. The van der Waals surface area contributed by atoms with Gasteiger partial charge in [-0.25, -0.2) is 4.68 Å². The van der Waals surface area contributed by atoms with E-state index in [4.69, 9.17) is 0 Å². The molecule has 0 saturated carbocycles. The summed E-state index contributed by atoms with van der Waals surface area (Å²) in [6, 6.07) is 15.4. The molecular formula is C23H28N4O3. The fourth-order valence-corrected chi connectivity index (χ4v) is 4.01. The Bertz CT molecular complexity index is 1080. The highest BCUT2D eigenvalue weighted by Gasteiger charge is 2.20. The Balaban J connectivity index is 1.53. The number of aliphatic hydroxyl groups excluding tert-OH is 2. The molecule has 3 N–H and O–H groups in total. The molecule has 0 aliphatic carbocycles. The number of β-amino-alcohol motifs (C(OH)–C–C–N with tert-alkyl or cyclic N) is 1. The quantitative estimate of drug-likeness (QED) is 0.550. The lowest BCUT2D eigenvalue weighted by Crippen LogP contribution is -2.40. The highest BCUT2D eigenvalue weighted by atomic mass is 16.3. The second-order valence-corrected chi connectivity index (χ2v) is 8.02. The molecule has 4 rings (SSSR count). The van der Waals surface area contributed by atoms with Gasteiger partial charge in [-0.15, -0.1) is 0 Å². The molecular weight excluding hydrogens is 380 g/mol. The average Bonchev–Trinajstić information content (AvgIpc) is 2.76. The topological polar surface area (TPSA) is 90.6 Å². The van der Waals surface area contributed by atoms with Crippen molar-refractivity contribution in [3.05, 3.63) is 70.0 Å². The van der Waals surface area contributed by atoms with Crippen LogP contribution in [-0.4, -0.2) is 56.7 Å². The zero-order chi connectivity index (χ0) is 21.1. The van der Waals surface area contributed by atoms with Gasteiger partial charge in [-0.3, -0.25) is 9.69 Å². The summed E-state index contributed by atoms with van der Waals surface area (Å²) in [4.78, 5) is 15.1. The molecule has 0 radical (unpaired) electrons. The minimum absolute atomic E-state index is 0.0474. The van der Waals surface area contributed by atoms with E-state index in [-0.39, 0.29) is 24.8 Å². The Kier molecular flexibility index (Phi) is 6.13. The van der Waals surface area contributed by atoms with Gasteiger partial charge in [0.2, 0.25) is 0 Å². The minimum atomic E-state index is -0.718. The van der Waals surface area contributed by atoms with Crippen LogP contribution in [0.3, 0.4) is 0 Å². The van der Waals surface area contributed by atoms with Gasteiger partial charge in [0.25, 0.3) is 5.56 Å². The van der Waals surface area contributed by atoms with Crippen LogP contribution in [0.1, 0.15) is 18.1 Å². The maximum atomic E-state index is 12.9. The highest BCUT2D eigenvalue weighted by molar-refractivity contribution is 5.90. The van der Waals surface area contributed by atoms with Crippen molar-refractivity contribution in [1.29, 1.82) is 0 Å². The van der Waals surface area contributed by atoms with Crippen molar-refractivity contribution in [2.75, 3.05) is 25.0 Å². The van der Waals surface area contributed by atoms with Gasteiger partial charge >= 0.3 is 0 Å². The zero-order valence-corrected chi connectivity index (χ0v) is 17.2. The van der Waals surface area contributed by atoms with Gasteiger partial charge in [-0.05, 0) is 30.5 Å². The second kappa shape index (κ2) is 8.95. The molecule has 7 nitrogen and oxygen atoms in total. The molecule has 3 aromatic rings. The standard InChI is InChI=1S/C23H28N4O3/c1-16(15-28)24-22-20-8-4-5-9-21(20)23(30)27(25-22)14-19(29)13-26-11-10-17-6-2-3-7-18(17)12-26/h2-9,16,19,28-29H,10-15H2,1H3,(H,24,25)/t16?,19-/m1/s1. The summed E-state index contributed by atoms with van der Waals surface area (Å²) in [7, 11) is 0. The lowest BCUT2D eigenvalue weighted by atomic mass is 10.00. The predicted octanol–water partition coefficient (Wildman–Crippen LogP) is 1.61. The van der Waals surface area contributed by atoms with Crippen molar-refractivity contribution in [2.24, 2.45) is 0 Å². The largest absolute Gasteiger partial charge is 0.394 e. The van der Waals surface area contributed by atoms with E-state index < -0.39 is 6.10 Å². The molecule has 0 amide bonds.